The molecule has 2 spiro atoms. The van der Waals surface area contributed by atoms with E-state index in [0.717, 1.165) is 29.5 Å². The summed E-state index contributed by atoms with van der Waals surface area (Å²) in [5, 5.41) is 0. The van der Waals surface area contributed by atoms with Crippen molar-refractivity contribution in [3.8, 4) is 89.8 Å². The van der Waals surface area contributed by atoms with E-state index in [-0.39, 0.29) is 0 Å². The van der Waals surface area contributed by atoms with Gasteiger partial charge in [0.1, 0.15) is 0 Å². The molecule has 0 fully saturated rings. The van der Waals surface area contributed by atoms with Gasteiger partial charge in [0.2, 0.25) is 0 Å². The molecule has 1 heterocycles. The lowest BCUT2D eigenvalue weighted by atomic mass is 9.70. The highest BCUT2D eigenvalue weighted by Crippen LogP contribution is 2.64. The van der Waals surface area contributed by atoms with E-state index in [9.17, 15) is 0 Å². The summed E-state index contributed by atoms with van der Waals surface area (Å²) >= 11 is 0. The second-order valence-corrected chi connectivity index (χ2v) is 19.6. The second kappa shape index (κ2) is 15.1. The van der Waals surface area contributed by atoms with Crippen LogP contribution in [-0.4, -0.2) is 15.0 Å². The Morgan fingerprint density at radius 1 is 0.268 bits per heavy atom. The summed E-state index contributed by atoms with van der Waals surface area (Å²) in [6, 6.07) is 85.3. The first-order chi connectivity index (χ1) is 35.1. The maximum Gasteiger partial charge on any atom is 0.164 e. The Morgan fingerprint density at radius 2 is 0.592 bits per heavy atom. The first-order valence-corrected chi connectivity index (χ1v) is 25.0. The van der Waals surface area contributed by atoms with Crippen LogP contribution in [0.4, 0.5) is 0 Å². The Hall–Kier alpha value is -8.79. The Labute approximate surface area is 413 Å². The van der Waals surface area contributed by atoms with Crippen molar-refractivity contribution < 1.29 is 0 Å². The monoisotopic (exact) mass is 903 g/mol. The van der Waals surface area contributed by atoms with E-state index in [4.69, 9.17) is 15.0 Å². The van der Waals surface area contributed by atoms with Gasteiger partial charge in [-0.2, -0.15) is 0 Å². The minimum atomic E-state index is -0.491. The molecule has 4 aliphatic carbocycles. The van der Waals surface area contributed by atoms with Gasteiger partial charge in [0.25, 0.3) is 0 Å². The molecule has 0 unspecified atom stereocenters. The van der Waals surface area contributed by atoms with E-state index in [2.05, 4.69) is 237 Å². The zero-order valence-electron chi connectivity index (χ0n) is 39.2. The molecule has 0 bridgehead atoms. The van der Waals surface area contributed by atoms with E-state index in [1.165, 1.54) is 106 Å². The Morgan fingerprint density at radius 3 is 0.972 bits per heavy atom. The average molecular weight is 904 g/mol. The van der Waals surface area contributed by atoms with Crippen LogP contribution < -0.4 is 0 Å². The van der Waals surface area contributed by atoms with Gasteiger partial charge in [-0.05, 0) is 124 Å². The van der Waals surface area contributed by atoms with Gasteiger partial charge in [0.15, 0.2) is 17.5 Å². The minimum absolute atomic E-state index is 0.491. The highest BCUT2D eigenvalue weighted by Gasteiger charge is 2.53. The Kier molecular flexibility index (Phi) is 8.54. The van der Waals surface area contributed by atoms with Crippen LogP contribution in [0.1, 0.15) is 63.4 Å². The fourth-order valence-electron chi connectivity index (χ4n) is 13.2. The highest BCUT2D eigenvalue weighted by atomic mass is 15.0. The molecule has 0 aliphatic heterocycles. The minimum Gasteiger partial charge on any atom is -0.208 e. The molecule has 3 nitrogen and oxygen atoms in total. The number of hydrogen-bond donors (Lipinski definition) is 0. The predicted octanol–water partition coefficient (Wildman–Crippen LogP) is 16.2. The van der Waals surface area contributed by atoms with Gasteiger partial charge in [-0.25, -0.2) is 15.0 Å². The van der Waals surface area contributed by atoms with Crippen LogP contribution in [0.3, 0.4) is 0 Å². The summed E-state index contributed by atoms with van der Waals surface area (Å²) in [5.74, 6) is 1.93. The lowest BCUT2D eigenvalue weighted by Crippen LogP contribution is -2.26. The van der Waals surface area contributed by atoms with Crippen molar-refractivity contribution in [3.63, 3.8) is 0 Å². The van der Waals surface area contributed by atoms with Crippen molar-refractivity contribution in [2.24, 2.45) is 0 Å². The molecule has 0 radical (unpaired) electrons. The third-order valence-corrected chi connectivity index (χ3v) is 16.1. The van der Waals surface area contributed by atoms with Crippen molar-refractivity contribution >= 4 is 0 Å². The molecular weight excluding hydrogens is 859 g/mol. The molecule has 1 aromatic heterocycles. The van der Waals surface area contributed by atoms with E-state index in [1.807, 2.05) is 0 Å². The summed E-state index contributed by atoms with van der Waals surface area (Å²) < 4.78 is 0. The van der Waals surface area contributed by atoms with Crippen LogP contribution in [0.2, 0.25) is 0 Å². The third kappa shape index (κ3) is 5.46. The van der Waals surface area contributed by atoms with Crippen LogP contribution in [0.25, 0.3) is 89.8 Å². The molecule has 0 saturated heterocycles. The summed E-state index contributed by atoms with van der Waals surface area (Å²) in [6.45, 7) is 2.23. The van der Waals surface area contributed by atoms with Gasteiger partial charge in [-0.15, -0.1) is 0 Å². The number of hydrogen-bond acceptors (Lipinski definition) is 3. The first-order valence-electron chi connectivity index (χ1n) is 25.0. The topological polar surface area (TPSA) is 38.7 Å². The maximum absolute atomic E-state index is 5.53. The van der Waals surface area contributed by atoms with Crippen molar-refractivity contribution in [2.45, 2.75) is 30.6 Å². The first kappa shape index (κ1) is 40.1. The largest absolute Gasteiger partial charge is 0.208 e. The van der Waals surface area contributed by atoms with Gasteiger partial charge in [0.05, 0.1) is 10.8 Å². The number of aryl methyl sites for hydroxylation is 1. The quantitative estimate of drug-likeness (QED) is 0.167. The van der Waals surface area contributed by atoms with Gasteiger partial charge < -0.3 is 0 Å². The van der Waals surface area contributed by atoms with Gasteiger partial charge in [-0.3, -0.25) is 0 Å². The standard InChI is InChI=1S/C68H45N3/c1-2-16-42-17-15-18-45(39-42)43-31-33-44(34-32-43)64-69-65(46-35-37-54-52-23-7-13-29-60(52)67(62(54)40-46)56-25-9-3-19-48(56)49-20-4-10-26-57(49)67)71-66(70-64)47-36-38-55-53-24-8-14-30-61(53)68(63(55)41-47)58-27-11-5-21-50(58)51-22-6-12-28-59(51)68/h3-15,17-41H,2,16H2,1H3. The van der Waals surface area contributed by atoms with Crippen molar-refractivity contribution in [2.75, 3.05) is 0 Å². The summed E-state index contributed by atoms with van der Waals surface area (Å²) in [4.78, 5) is 16.4. The summed E-state index contributed by atoms with van der Waals surface area (Å²) in [6.07, 6.45) is 2.18. The van der Waals surface area contributed by atoms with E-state index in [0.29, 0.717) is 17.5 Å². The van der Waals surface area contributed by atoms with E-state index >= 15 is 0 Å². The van der Waals surface area contributed by atoms with Crippen LogP contribution >= 0.6 is 0 Å². The molecule has 11 aromatic rings. The number of benzene rings is 10. The third-order valence-electron chi connectivity index (χ3n) is 16.1. The summed E-state index contributed by atoms with van der Waals surface area (Å²) in [5.41, 5.74) is 26.1. The smallest absolute Gasteiger partial charge is 0.164 e. The predicted molar refractivity (Wildman–Crippen MR) is 288 cm³/mol. The highest BCUT2D eigenvalue weighted by molar-refractivity contribution is 5.97. The van der Waals surface area contributed by atoms with Crippen LogP contribution in [0.5, 0.6) is 0 Å². The van der Waals surface area contributed by atoms with Crippen LogP contribution in [-0.2, 0) is 17.3 Å². The zero-order chi connectivity index (χ0) is 46.8. The van der Waals surface area contributed by atoms with Crippen molar-refractivity contribution in [1.29, 1.82) is 0 Å². The molecule has 0 atom stereocenters. The van der Waals surface area contributed by atoms with Crippen LogP contribution in [0, 0.1) is 0 Å². The lowest BCUT2D eigenvalue weighted by molar-refractivity contribution is 0.793. The number of rotatable bonds is 6. The summed E-state index contributed by atoms with van der Waals surface area (Å²) in [7, 11) is 0. The average Bonchev–Trinajstić information content (AvgIpc) is 4.12. The van der Waals surface area contributed by atoms with Crippen molar-refractivity contribution in [3.05, 3.63) is 281 Å². The molecule has 10 aromatic carbocycles. The molecule has 0 saturated carbocycles. The van der Waals surface area contributed by atoms with Crippen LogP contribution in [0.15, 0.2) is 231 Å². The molecule has 0 N–H and O–H groups in total. The lowest BCUT2D eigenvalue weighted by Gasteiger charge is -2.30. The normalized spacial score (nSPS) is 14.0. The molecule has 71 heavy (non-hydrogen) atoms. The fraction of sp³-hybridized carbons (Fsp3) is 0.0735. The van der Waals surface area contributed by atoms with Gasteiger partial charge >= 0.3 is 0 Å². The SMILES string of the molecule is CCCc1cccc(-c2ccc(-c3nc(-c4ccc5c(c4)C4(c6ccccc6-c6ccccc64)c4ccccc4-5)nc(-c4ccc5c(c4)C4(c6ccccc6-c6ccccc64)c4ccccc4-5)n3)cc2)c1. The molecule has 3 heteroatoms. The van der Waals surface area contributed by atoms with Gasteiger partial charge in [0, 0.05) is 16.7 Å². The Balaban J connectivity index is 0.947. The maximum atomic E-state index is 5.53. The number of nitrogens with zero attached hydrogens (tertiary/aromatic N) is 3. The Bertz CT molecular complexity index is 3690. The molecule has 0 amide bonds. The zero-order valence-corrected chi connectivity index (χ0v) is 39.2. The molecule has 15 rings (SSSR count). The fourth-order valence-corrected chi connectivity index (χ4v) is 13.2. The molecule has 332 valence electrons. The molecule has 4 aliphatic rings. The van der Waals surface area contributed by atoms with Crippen molar-refractivity contribution in [1.82, 2.24) is 15.0 Å². The van der Waals surface area contributed by atoms with E-state index in [1.54, 1.807) is 0 Å². The number of fused-ring (bicyclic) bond motifs is 20. The van der Waals surface area contributed by atoms with Gasteiger partial charge in [-0.1, -0.05) is 232 Å². The second-order valence-electron chi connectivity index (χ2n) is 19.6. The number of aromatic nitrogens is 3. The van der Waals surface area contributed by atoms with E-state index < -0.39 is 10.8 Å². The molecular formula is C68H45N3.